The van der Waals surface area contributed by atoms with E-state index in [1.165, 1.54) is 12.1 Å². The summed E-state index contributed by atoms with van der Waals surface area (Å²) in [4.78, 5) is 0. The van der Waals surface area contributed by atoms with E-state index in [2.05, 4.69) is 10.4 Å². The lowest BCUT2D eigenvalue weighted by atomic mass is 10.1. The van der Waals surface area contributed by atoms with Crippen LogP contribution in [0.2, 0.25) is 5.02 Å². The number of aromatic nitrogens is 2. The van der Waals surface area contributed by atoms with E-state index in [4.69, 9.17) is 11.6 Å². The second-order valence-electron chi connectivity index (χ2n) is 4.61. The van der Waals surface area contributed by atoms with E-state index in [9.17, 15) is 13.2 Å². The van der Waals surface area contributed by atoms with Crippen LogP contribution in [-0.2, 0) is 19.3 Å². The molecular formula is C14H15ClF3N3. The van der Waals surface area contributed by atoms with Crippen molar-refractivity contribution in [2.45, 2.75) is 33.1 Å². The highest BCUT2D eigenvalue weighted by Crippen LogP contribution is 2.38. The summed E-state index contributed by atoms with van der Waals surface area (Å²) in [5.41, 5.74) is 0.759. The van der Waals surface area contributed by atoms with Crippen LogP contribution in [0.3, 0.4) is 0 Å². The fourth-order valence-corrected chi connectivity index (χ4v) is 2.38. The first-order chi connectivity index (χ1) is 9.82. The van der Waals surface area contributed by atoms with Crippen molar-refractivity contribution in [2.75, 3.05) is 5.32 Å². The smallest absolute Gasteiger partial charge is 0.378 e. The van der Waals surface area contributed by atoms with Crippen molar-refractivity contribution >= 4 is 17.3 Å². The molecule has 0 atom stereocenters. The summed E-state index contributed by atoms with van der Waals surface area (Å²) >= 11 is 5.90. The molecule has 114 valence electrons. The lowest BCUT2D eigenvalue weighted by Crippen LogP contribution is -2.13. The predicted octanol–water partition coefficient (Wildman–Crippen LogP) is 4.50. The molecule has 0 radical (unpaired) electrons. The topological polar surface area (TPSA) is 29.9 Å². The molecule has 3 nitrogen and oxygen atoms in total. The van der Waals surface area contributed by atoms with E-state index in [-0.39, 0.29) is 17.3 Å². The Morgan fingerprint density at radius 1 is 1.33 bits per heavy atom. The van der Waals surface area contributed by atoms with Gasteiger partial charge in [0.15, 0.2) is 0 Å². The number of rotatable bonds is 4. The SMILES string of the molecule is CCn1nc(C)cc1CNc1c(Cl)cccc1C(F)(F)F. The zero-order valence-corrected chi connectivity index (χ0v) is 12.4. The van der Waals surface area contributed by atoms with Crippen LogP contribution in [0.4, 0.5) is 18.9 Å². The maximum Gasteiger partial charge on any atom is 0.418 e. The molecule has 2 aromatic rings. The van der Waals surface area contributed by atoms with Crippen LogP contribution in [0.5, 0.6) is 0 Å². The minimum Gasteiger partial charge on any atom is -0.378 e. The van der Waals surface area contributed by atoms with Gasteiger partial charge in [0, 0.05) is 6.54 Å². The first-order valence-electron chi connectivity index (χ1n) is 6.45. The quantitative estimate of drug-likeness (QED) is 0.900. The van der Waals surface area contributed by atoms with Gasteiger partial charge in [-0.2, -0.15) is 18.3 Å². The van der Waals surface area contributed by atoms with E-state index in [1.54, 1.807) is 4.68 Å². The van der Waals surface area contributed by atoms with Gasteiger partial charge >= 0.3 is 6.18 Å². The van der Waals surface area contributed by atoms with Crippen LogP contribution in [-0.4, -0.2) is 9.78 Å². The Bertz CT molecular complexity index is 635. The minimum absolute atomic E-state index is 0.0455. The fourth-order valence-electron chi connectivity index (χ4n) is 2.13. The second kappa shape index (κ2) is 5.97. The van der Waals surface area contributed by atoms with E-state index in [0.29, 0.717) is 6.54 Å². The van der Waals surface area contributed by atoms with Gasteiger partial charge in [-0.15, -0.1) is 0 Å². The van der Waals surface area contributed by atoms with Crippen LogP contribution < -0.4 is 5.32 Å². The van der Waals surface area contributed by atoms with Gasteiger partial charge < -0.3 is 5.32 Å². The van der Waals surface area contributed by atoms with Crippen molar-refractivity contribution < 1.29 is 13.2 Å². The lowest BCUT2D eigenvalue weighted by molar-refractivity contribution is -0.136. The van der Waals surface area contributed by atoms with Crippen LogP contribution in [0.25, 0.3) is 0 Å². The van der Waals surface area contributed by atoms with Gasteiger partial charge in [0.2, 0.25) is 0 Å². The monoisotopic (exact) mass is 317 g/mol. The molecule has 0 bridgehead atoms. The van der Waals surface area contributed by atoms with E-state index < -0.39 is 11.7 Å². The summed E-state index contributed by atoms with van der Waals surface area (Å²) in [7, 11) is 0. The number of hydrogen-bond acceptors (Lipinski definition) is 2. The molecule has 0 aliphatic carbocycles. The largest absolute Gasteiger partial charge is 0.418 e. The highest BCUT2D eigenvalue weighted by Gasteiger charge is 2.34. The van der Waals surface area contributed by atoms with Crippen LogP contribution in [0.1, 0.15) is 23.9 Å². The van der Waals surface area contributed by atoms with Gasteiger partial charge in [0.05, 0.1) is 34.2 Å². The van der Waals surface area contributed by atoms with Crippen molar-refractivity contribution in [1.82, 2.24) is 9.78 Å². The number of halogens is 4. The highest BCUT2D eigenvalue weighted by atomic mass is 35.5. The van der Waals surface area contributed by atoms with E-state index in [0.717, 1.165) is 17.5 Å². The number of aryl methyl sites for hydroxylation is 2. The van der Waals surface area contributed by atoms with Gasteiger partial charge in [-0.3, -0.25) is 4.68 Å². The number of hydrogen-bond donors (Lipinski definition) is 1. The van der Waals surface area contributed by atoms with Crippen LogP contribution in [0, 0.1) is 6.92 Å². The number of alkyl halides is 3. The fraction of sp³-hybridized carbons (Fsp3) is 0.357. The minimum atomic E-state index is -4.45. The summed E-state index contributed by atoms with van der Waals surface area (Å²) in [6, 6.07) is 5.56. The average Bonchev–Trinajstić information content (AvgIpc) is 2.76. The molecule has 0 amide bonds. The molecule has 1 N–H and O–H groups in total. The van der Waals surface area contributed by atoms with Crippen molar-refractivity contribution in [2.24, 2.45) is 0 Å². The Morgan fingerprint density at radius 2 is 2.05 bits per heavy atom. The predicted molar refractivity (Wildman–Crippen MR) is 76.4 cm³/mol. The van der Waals surface area contributed by atoms with Crippen molar-refractivity contribution in [1.29, 1.82) is 0 Å². The third-order valence-electron chi connectivity index (χ3n) is 3.05. The molecule has 0 fully saturated rings. The molecule has 0 aliphatic heterocycles. The van der Waals surface area contributed by atoms with Crippen molar-refractivity contribution in [3.8, 4) is 0 Å². The second-order valence-corrected chi connectivity index (χ2v) is 5.01. The normalized spacial score (nSPS) is 11.7. The molecule has 0 saturated carbocycles. The molecule has 0 spiro atoms. The summed E-state index contributed by atoms with van der Waals surface area (Å²) in [5.74, 6) is 0. The van der Waals surface area contributed by atoms with Crippen LogP contribution >= 0.6 is 11.6 Å². The zero-order chi connectivity index (χ0) is 15.6. The Morgan fingerprint density at radius 3 is 2.67 bits per heavy atom. The van der Waals surface area contributed by atoms with Crippen LogP contribution in [0.15, 0.2) is 24.3 Å². The van der Waals surface area contributed by atoms with E-state index >= 15 is 0 Å². The zero-order valence-electron chi connectivity index (χ0n) is 11.6. The molecule has 0 saturated heterocycles. The molecular weight excluding hydrogens is 303 g/mol. The highest BCUT2D eigenvalue weighted by molar-refractivity contribution is 6.33. The average molecular weight is 318 g/mol. The summed E-state index contributed by atoms with van der Waals surface area (Å²) in [5, 5.41) is 7.08. The summed E-state index contributed by atoms with van der Waals surface area (Å²) in [6.45, 7) is 4.64. The molecule has 2 rings (SSSR count). The number of nitrogens with zero attached hydrogens (tertiary/aromatic N) is 2. The molecule has 1 heterocycles. The molecule has 1 aromatic carbocycles. The Labute approximate surface area is 125 Å². The van der Waals surface area contributed by atoms with Gasteiger partial charge in [-0.25, -0.2) is 0 Å². The van der Waals surface area contributed by atoms with Gasteiger partial charge in [0.1, 0.15) is 0 Å². The third-order valence-corrected chi connectivity index (χ3v) is 3.37. The maximum absolute atomic E-state index is 13.0. The van der Waals surface area contributed by atoms with Crippen molar-refractivity contribution in [3.63, 3.8) is 0 Å². The number of para-hydroxylation sites is 1. The molecule has 7 heteroatoms. The third kappa shape index (κ3) is 3.50. The molecule has 1 aromatic heterocycles. The Balaban J connectivity index is 2.28. The first kappa shape index (κ1) is 15.7. The molecule has 0 unspecified atom stereocenters. The van der Waals surface area contributed by atoms with Gasteiger partial charge in [-0.05, 0) is 32.0 Å². The van der Waals surface area contributed by atoms with E-state index in [1.807, 2.05) is 19.9 Å². The standard InChI is InChI=1S/C14H15ClF3N3/c1-3-21-10(7-9(2)20-21)8-19-13-11(14(16,17)18)5-4-6-12(13)15/h4-7,19H,3,8H2,1-2H3. The number of benzene rings is 1. The maximum atomic E-state index is 13.0. The van der Waals surface area contributed by atoms with Crippen molar-refractivity contribution in [3.05, 3.63) is 46.2 Å². The first-order valence-corrected chi connectivity index (χ1v) is 6.83. The van der Waals surface area contributed by atoms with Gasteiger partial charge in [-0.1, -0.05) is 17.7 Å². The summed E-state index contributed by atoms with van der Waals surface area (Å²) < 4.78 is 40.7. The number of anilines is 1. The molecule has 0 aliphatic rings. The van der Waals surface area contributed by atoms with Gasteiger partial charge in [0.25, 0.3) is 0 Å². The lowest BCUT2D eigenvalue weighted by Gasteiger charge is -2.16. The number of nitrogens with one attached hydrogen (secondary N) is 1. The Hall–Kier alpha value is -1.69. The summed E-state index contributed by atoms with van der Waals surface area (Å²) in [6.07, 6.45) is -4.45. The Kier molecular flexibility index (Phi) is 4.46. The molecule has 21 heavy (non-hydrogen) atoms.